The van der Waals surface area contributed by atoms with Crippen molar-refractivity contribution in [3.63, 3.8) is 0 Å². The molecule has 0 saturated carbocycles. The lowest BCUT2D eigenvalue weighted by Crippen LogP contribution is -2.48. The number of nitrogens with zero attached hydrogens (tertiary/aromatic N) is 1. The van der Waals surface area contributed by atoms with Gasteiger partial charge in [-0.15, -0.1) is 0 Å². The highest BCUT2D eigenvalue weighted by molar-refractivity contribution is 5.88. The maximum Gasteiger partial charge on any atom is 0.326 e. The highest BCUT2D eigenvalue weighted by atomic mass is 16.5. The number of rotatable bonds is 3. The second-order valence-electron chi connectivity index (χ2n) is 4.79. The average Bonchev–Trinajstić information content (AvgIpc) is 2.94. The molecular weight excluding hydrogens is 240 g/mol. The average molecular weight is 258 g/mol. The molecule has 2 aliphatic rings. The molecule has 4 atom stereocenters. The molecule has 2 unspecified atom stereocenters. The van der Waals surface area contributed by atoms with Crippen molar-refractivity contribution in [2.24, 2.45) is 0 Å². The molecule has 2 fully saturated rings. The third-order valence-electron chi connectivity index (χ3n) is 3.57. The summed E-state index contributed by atoms with van der Waals surface area (Å²) < 4.78 is 5.15. The van der Waals surface area contributed by atoms with E-state index >= 15 is 0 Å². The van der Waals surface area contributed by atoms with Gasteiger partial charge in [0.15, 0.2) is 0 Å². The number of ether oxygens (including phenoxy) is 1. The SMILES string of the molecule is COC1CNC(C(=O)N2C[C@H](O)C[C@H]2C(=O)O)C1. The number of nitrogens with one attached hydrogen (secondary N) is 1. The third-order valence-corrected chi connectivity index (χ3v) is 3.57. The molecule has 0 bridgehead atoms. The Balaban J connectivity index is 2.02. The Labute approximate surface area is 105 Å². The fourth-order valence-electron chi connectivity index (χ4n) is 2.56. The van der Waals surface area contributed by atoms with E-state index in [9.17, 15) is 14.7 Å². The van der Waals surface area contributed by atoms with E-state index in [4.69, 9.17) is 9.84 Å². The molecule has 2 saturated heterocycles. The molecule has 2 heterocycles. The molecule has 0 spiro atoms. The lowest BCUT2D eigenvalue weighted by molar-refractivity contribution is -0.148. The van der Waals surface area contributed by atoms with Gasteiger partial charge in [0.2, 0.25) is 5.91 Å². The molecular formula is C11H18N2O5. The van der Waals surface area contributed by atoms with Gasteiger partial charge >= 0.3 is 5.97 Å². The number of carboxylic acids is 1. The quantitative estimate of drug-likeness (QED) is 0.564. The Morgan fingerprint density at radius 2 is 2.11 bits per heavy atom. The minimum absolute atomic E-state index is 0.0187. The van der Waals surface area contributed by atoms with E-state index in [0.29, 0.717) is 13.0 Å². The van der Waals surface area contributed by atoms with Crippen molar-refractivity contribution in [2.45, 2.75) is 37.1 Å². The number of aliphatic carboxylic acids is 1. The van der Waals surface area contributed by atoms with Gasteiger partial charge in [0.05, 0.1) is 18.2 Å². The predicted molar refractivity (Wildman–Crippen MR) is 61.0 cm³/mol. The first-order valence-corrected chi connectivity index (χ1v) is 6.00. The van der Waals surface area contributed by atoms with Gasteiger partial charge in [0, 0.05) is 26.6 Å². The maximum atomic E-state index is 12.2. The first-order valence-electron chi connectivity index (χ1n) is 6.00. The molecule has 0 aromatic carbocycles. The van der Waals surface area contributed by atoms with Crippen molar-refractivity contribution < 1.29 is 24.5 Å². The van der Waals surface area contributed by atoms with E-state index in [1.807, 2.05) is 0 Å². The number of aliphatic hydroxyl groups is 1. The second kappa shape index (κ2) is 5.21. The minimum Gasteiger partial charge on any atom is -0.480 e. The normalized spacial score (nSPS) is 36.0. The van der Waals surface area contributed by atoms with Crippen LogP contribution in [0.4, 0.5) is 0 Å². The molecule has 0 radical (unpaired) electrons. The number of hydrogen-bond acceptors (Lipinski definition) is 5. The van der Waals surface area contributed by atoms with E-state index in [1.54, 1.807) is 7.11 Å². The van der Waals surface area contributed by atoms with Crippen LogP contribution in [0.2, 0.25) is 0 Å². The Morgan fingerprint density at radius 3 is 2.67 bits per heavy atom. The van der Waals surface area contributed by atoms with Crippen LogP contribution < -0.4 is 5.32 Å². The highest BCUT2D eigenvalue weighted by Crippen LogP contribution is 2.21. The second-order valence-corrected chi connectivity index (χ2v) is 4.79. The summed E-state index contributed by atoms with van der Waals surface area (Å²) in [6, 6.07) is -1.34. The number of carboxylic acid groups (broad SMARTS) is 1. The monoisotopic (exact) mass is 258 g/mol. The Hall–Kier alpha value is -1.18. The predicted octanol–water partition coefficient (Wildman–Crippen LogP) is -1.59. The first kappa shape index (κ1) is 13.3. The van der Waals surface area contributed by atoms with Gasteiger partial charge in [0.25, 0.3) is 0 Å². The van der Waals surface area contributed by atoms with Crippen LogP contribution in [0.1, 0.15) is 12.8 Å². The van der Waals surface area contributed by atoms with E-state index in [1.165, 1.54) is 4.90 Å². The van der Waals surface area contributed by atoms with Crippen molar-refractivity contribution in [3.8, 4) is 0 Å². The van der Waals surface area contributed by atoms with Crippen molar-refractivity contribution in [2.75, 3.05) is 20.2 Å². The molecule has 1 amide bonds. The zero-order valence-electron chi connectivity index (χ0n) is 10.2. The number of aliphatic hydroxyl groups excluding tert-OH is 1. The van der Waals surface area contributed by atoms with Gasteiger partial charge in [-0.2, -0.15) is 0 Å². The van der Waals surface area contributed by atoms with Gasteiger partial charge in [-0.3, -0.25) is 4.79 Å². The lowest BCUT2D eigenvalue weighted by Gasteiger charge is -2.24. The van der Waals surface area contributed by atoms with Gasteiger partial charge in [-0.1, -0.05) is 0 Å². The van der Waals surface area contributed by atoms with Gasteiger partial charge in [0.1, 0.15) is 6.04 Å². The summed E-state index contributed by atoms with van der Waals surface area (Å²) in [5.41, 5.74) is 0. The van der Waals surface area contributed by atoms with E-state index in [0.717, 1.165) is 0 Å². The molecule has 2 aliphatic heterocycles. The van der Waals surface area contributed by atoms with Crippen LogP contribution in [0.25, 0.3) is 0 Å². The van der Waals surface area contributed by atoms with Gasteiger partial charge in [-0.25, -0.2) is 4.79 Å². The van der Waals surface area contributed by atoms with Crippen LogP contribution in [-0.2, 0) is 14.3 Å². The standard InChI is InChI=1S/C11H18N2O5/c1-18-7-3-8(12-4-7)10(15)13-5-6(14)2-9(13)11(16)17/h6-9,12,14H,2-5H2,1H3,(H,16,17)/t6-,7?,8?,9+/m1/s1. The van der Waals surface area contributed by atoms with E-state index in [-0.39, 0.29) is 25.0 Å². The molecule has 0 aromatic rings. The summed E-state index contributed by atoms with van der Waals surface area (Å²) >= 11 is 0. The van der Waals surface area contributed by atoms with E-state index < -0.39 is 24.2 Å². The van der Waals surface area contributed by atoms with Crippen molar-refractivity contribution in [3.05, 3.63) is 0 Å². The van der Waals surface area contributed by atoms with Crippen LogP contribution in [0.3, 0.4) is 0 Å². The fourth-order valence-corrected chi connectivity index (χ4v) is 2.56. The minimum atomic E-state index is -1.07. The topological polar surface area (TPSA) is 99.1 Å². The summed E-state index contributed by atoms with van der Waals surface area (Å²) in [4.78, 5) is 24.5. The smallest absolute Gasteiger partial charge is 0.326 e. The molecule has 7 heteroatoms. The van der Waals surface area contributed by atoms with Crippen molar-refractivity contribution in [1.82, 2.24) is 10.2 Å². The number of methoxy groups -OCH3 is 1. The zero-order chi connectivity index (χ0) is 13.3. The Kier molecular flexibility index (Phi) is 3.84. The summed E-state index contributed by atoms with van der Waals surface area (Å²) in [6.45, 7) is 0.673. The molecule has 7 nitrogen and oxygen atoms in total. The summed E-state index contributed by atoms with van der Waals surface area (Å²) in [6.07, 6.45) is -0.139. The number of amides is 1. The molecule has 2 rings (SSSR count). The zero-order valence-corrected chi connectivity index (χ0v) is 10.2. The molecule has 102 valence electrons. The number of likely N-dealkylation sites (tertiary alicyclic amines) is 1. The van der Waals surface area contributed by atoms with Crippen LogP contribution in [0, 0.1) is 0 Å². The third kappa shape index (κ3) is 2.47. The van der Waals surface area contributed by atoms with Gasteiger partial charge < -0.3 is 25.2 Å². The molecule has 0 aromatic heterocycles. The van der Waals surface area contributed by atoms with Crippen molar-refractivity contribution in [1.29, 1.82) is 0 Å². The molecule has 0 aliphatic carbocycles. The lowest BCUT2D eigenvalue weighted by atomic mass is 10.1. The van der Waals surface area contributed by atoms with E-state index in [2.05, 4.69) is 5.32 Å². The summed E-state index contributed by atoms with van der Waals surface area (Å²) in [5.74, 6) is -1.33. The first-order chi connectivity index (χ1) is 8.52. The number of hydrogen-bond donors (Lipinski definition) is 3. The van der Waals surface area contributed by atoms with Crippen LogP contribution >= 0.6 is 0 Å². The Morgan fingerprint density at radius 1 is 1.39 bits per heavy atom. The maximum absolute atomic E-state index is 12.2. The number of carbonyl (C=O) groups is 2. The number of carbonyl (C=O) groups excluding carboxylic acids is 1. The number of β-amino-alcohol motifs (C(OH)–C–C–N with tert-alkyl or cyclic N) is 1. The summed E-state index contributed by atoms with van der Waals surface area (Å²) in [7, 11) is 1.58. The van der Waals surface area contributed by atoms with Crippen LogP contribution in [0.5, 0.6) is 0 Å². The Bertz CT molecular complexity index is 348. The van der Waals surface area contributed by atoms with Crippen molar-refractivity contribution >= 4 is 11.9 Å². The van der Waals surface area contributed by atoms with Crippen LogP contribution in [-0.4, -0.2) is 71.5 Å². The van der Waals surface area contributed by atoms with Gasteiger partial charge in [-0.05, 0) is 6.42 Å². The summed E-state index contributed by atoms with van der Waals surface area (Å²) in [5, 5.41) is 21.6. The largest absolute Gasteiger partial charge is 0.480 e. The molecule has 3 N–H and O–H groups in total. The fraction of sp³-hybridized carbons (Fsp3) is 0.818. The molecule has 18 heavy (non-hydrogen) atoms. The van der Waals surface area contributed by atoms with Crippen LogP contribution in [0.15, 0.2) is 0 Å². The highest BCUT2D eigenvalue weighted by Gasteiger charge is 2.42.